The lowest BCUT2D eigenvalue weighted by Crippen LogP contribution is -2.09. The Morgan fingerprint density at radius 1 is 1.35 bits per heavy atom. The average Bonchev–Trinajstić information content (AvgIpc) is 3.26. The van der Waals surface area contributed by atoms with Gasteiger partial charge in [-0.3, -0.25) is 4.79 Å². The van der Waals surface area contributed by atoms with Crippen LogP contribution in [0.3, 0.4) is 0 Å². The van der Waals surface area contributed by atoms with Crippen LogP contribution in [0.2, 0.25) is 0 Å². The molecule has 0 saturated carbocycles. The molecule has 0 spiro atoms. The summed E-state index contributed by atoms with van der Waals surface area (Å²) in [6.45, 7) is 4.76. The van der Waals surface area contributed by atoms with Crippen LogP contribution < -0.4 is 0 Å². The molecular weight excluding hydrogens is 328 g/mol. The highest BCUT2D eigenvalue weighted by Crippen LogP contribution is 2.33. The molecule has 0 unspecified atom stereocenters. The van der Waals surface area contributed by atoms with Crippen molar-refractivity contribution in [2.24, 2.45) is 0 Å². The molecule has 0 saturated heterocycles. The molecule has 4 nitrogen and oxygen atoms in total. The molecule has 0 N–H and O–H groups in total. The Morgan fingerprint density at radius 3 is 2.87 bits per heavy atom. The van der Waals surface area contributed by atoms with E-state index < -0.39 is 0 Å². The van der Waals surface area contributed by atoms with E-state index >= 15 is 0 Å². The zero-order valence-corrected chi connectivity index (χ0v) is 15.0. The Balaban J connectivity index is 1.88. The molecular formula is C17H18N2O2S2. The van der Waals surface area contributed by atoms with Gasteiger partial charge in [0.1, 0.15) is 5.01 Å². The fourth-order valence-corrected chi connectivity index (χ4v) is 4.25. The van der Waals surface area contributed by atoms with Crippen LogP contribution in [0.5, 0.6) is 0 Å². The highest BCUT2D eigenvalue weighted by Gasteiger charge is 2.15. The van der Waals surface area contributed by atoms with E-state index in [-0.39, 0.29) is 5.97 Å². The van der Waals surface area contributed by atoms with Gasteiger partial charge in [0, 0.05) is 28.9 Å². The van der Waals surface area contributed by atoms with Gasteiger partial charge in [-0.15, -0.1) is 22.7 Å². The summed E-state index contributed by atoms with van der Waals surface area (Å²) >= 11 is 3.37. The number of thiazole rings is 1. The number of ether oxygens (including phenoxy) is 1. The van der Waals surface area contributed by atoms with Gasteiger partial charge in [-0.2, -0.15) is 0 Å². The predicted octanol–water partition coefficient (Wildman–Crippen LogP) is 4.52. The quantitative estimate of drug-likeness (QED) is 0.638. The van der Waals surface area contributed by atoms with Gasteiger partial charge in [-0.1, -0.05) is 6.07 Å². The molecule has 0 fully saturated rings. The van der Waals surface area contributed by atoms with Crippen LogP contribution >= 0.6 is 22.7 Å². The fourth-order valence-electron chi connectivity index (χ4n) is 2.62. The van der Waals surface area contributed by atoms with Crippen LogP contribution in [0.25, 0.3) is 21.1 Å². The number of methoxy groups -OCH3 is 1. The largest absolute Gasteiger partial charge is 0.469 e. The molecule has 0 aliphatic heterocycles. The highest BCUT2D eigenvalue weighted by atomic mass is 32.1. The number of aromatic nitrogens is 2. The lowest BCUT2D eigenvalue weighted by molar-refractivity contribution is -0.140. The first kappa shape index (κ1) is 16.0. The Labute approximate surface area is 143 Å². The van der Waals surface area contributed by atoms with E-state index in [1.807, 2.05) is 6.07 Å². The zero-order valence-electron chi connectivity index (χ0n) is 13.3. The van der Waals surface area contributed by atoms with Crippen molar-refractivity contribution in [3.8, 4) is 21.1 Å². The second-order valence-corrected chi connectivity index (χ2v) is 7.08. The number of hydrogen-bond acceptors (Lipinski definition) is 5. The van der Waals surface area contributed by atoms with Crippen molar-refractivity contribution >= 4 is 28.6 Å². The van der Waals surface area contributed by atoms with Crippen molar-refractivity contribution in [3.63, 3.8) is 0 Å². The highest BCUT2D eigenvalue weighted by molar-refractivity contribution is 7.20. The van der Waals surface area contributed by atoms with Gasteiger partial charge < -0.3 is 9.30 Å². The normalized spacial score (nSPS) is 10.9. The van der Waals surface area contributed by atoms with Crippen LogP contribution in [0, 0.1) is 13.8 Å². The summed E-state index contributed by atoms with van der Waals surface area (Å²) in [5.74, 6) is -0.187. The lowest BCUT2D eigenvalue weighted by atomic mass is 10.2. The maximum atomic E-state index is 11.4. The van der Waals surface area contributed by atoms with E-state index in [9.17, 15) is 4.79 Å². The molecule has 0 aliphatic rings. The minimum Gasteiger partial charge on any atom is -0.469 e. The third-order valence-electron chi connectivity index (χ3n) is 3.85. The summed E-state index contributed by atoms with van der Waals surface area (Å²) in [6.07, 6.45) is 0.379. The molecule has 0 bridgehead atoms. The number of carbonyl (C=O) groups excluding carboxylic acids is 1. The summed E-state index contributed by atoms with van der Waals surface area (Å²) < 4.78 is 6.88. The van der Waals surface area contributed by atoms with E-state index in [4.69, 9.17) is 9.72 Å². The third-order valence-corrected chi connectivity index (χ3v) is 5.73. The standard InChI is InChI=1S/C17H18N2O2S2/c1-11-9-13(12(2)19(11)7-6-16(20)21-3)14-10-23-17(18-14)15-5-4-8-22-15/h4-5,8-10H,6-7H2,1-3H3. The first-order chi connectivity index (χ1) is 11.1. The number of hydrogen-bond donors (Lipinski definition) is 0. The molecule has 0 aliphatic carbocycles. The number of esters is 1. The predicted molar refractivity (Wildman–Crippen MR) is 95.0 cm³/mol. The number of nitrogens with zero attached hydrogens (tertiary/aromatic N) is 2. The van der Waals surface area contributed by atoms with E-state index in [1.165, 1.54) is 12.0 Å². The molecule has 6 heteroatoms. The SMILES string of the molecule is COC(=O)CCn1c(C)cc(-c2csc(-c3cccs3)n2)c1C. The summed E-state index contributed by atoms with van der Waals surface area (Å²) in [6, 6.07) is 6.27. The molecule has 3 heterocycles. The van der Waals surface area contributed by atoms with Gasteiger partial charge in [-0.05, 0) is 31.4 Å². The minimum absolute atomic E-state index is 0.187. The molecule has 3 aromatic rings. The summed E-state index contributed by atoms with van der Waals surface area (Å²) in [5.41, 5.74) is 4.39. The third kappa shape index (κ3) is 3.23. The van der Waals surface area contributed by atoms with E-state index in [2.05, 4.69) is 41.3 Å². The molecule has 23 heavy (non-hydrogen) atoms. The van der Waals surface area contributed by atoms with Crippen LogP contribution in [-0.2, 0) is 16.1 Å². The molecule has 120 valence electrons. The molecule has 3 aromatic heterocycles. The fraction of sp³-hybridized carbons (Fsp3) is 0.294. The molecule has 0 aromatic carbocycles. The number of thiophene rings is 1. The smallest absolute Gasteiger partial charge is 0.307 e. The van der Waals surface area contributed by atoms with Crippen LogP contribution in [0.15, 0.2) is 29.0 Å². The Hall–Kier alpha value is -1.92. The van der Waals surface area contributed by atoms with Gasteiger partial charge in [0.2, 0.25) is 0 Å². The van der Waals surface area contributed by atoms with Crippen LogP contribution in [0.4, 0.5) is 0 Å². The Bertz CT molecular complexity index is 816. The molecule has 0 atom stereocenters. The first-order valence-corrected chi connectivity index (χ1v) is 9.09. The monoisotopic (exact) mass is 346 g/mol. The second kappa shape index (κ2) is 6.68. The summed E-state index contributed by atoms with van der Waals surface area (Å²) in [7, 11) is 1.42. The van der Waals surface area contributed by atoms with Crippen molar-refractivity contribution in [3.05, 3.63) is 40.3 Å². The number of carbonyl (C=O) groups is 1. The minimum atomic E-state index is -0.187. The van der Waals surface area contributed by atoms with Crippen molar-refractivity contribution in [1.29, 1.82) is 0 Å². The maximum Gasteiger partial charge on any atom is 0.307 e. The van der Waals surface area contributed by atoms with Crippen molar-refractivity contribution in [2.45, 2.75) is 26.8 Å². The Morgan fingerprint density at radius 2 is 2.17 bits per heavy atom. The maximum absolute atomic E-state index is 11.4. The average molecular weight is 346 g/mol. The van der Waals surface area contributed by atoms with Crippen molar-refractivity contribution < 1.29 is 9.53 Å². The van der Waals surface area contributed by atoms with Crippen molar-refractivity contribution in [1.82, 2.24) is 9.55 Å². The zero-order chi connectivity index (χ0) is 16.4. The summed E-state index contributed by atoms with van der Waals surface area (Å²) in [5, 5.41) is 5.21. The van der Waals surface area contributed by atoms with E-state index in [0.717, 1.165) is 27.7 Å². The Kier molecular flexibility index (Phi) is 4.63. The van der Waals surface area contributed by atoms with E-state index in [1.54, 1.807) is 22.7 Å². The van der Waals surface area contributed by atoms with Gasteiger partial charge in [0.05, 0.1) is 24.1 Å². The molecule has 0 amide bonds. The van der Waals surface area contributed by atoms with Gasteiger partial charge >= 0.3 is 5.97 Å². The van der Waals surface area contributed by atoms with Gasteiger partial charge in [0.15, 0.2) is 0 Å². The van der Waals surface area contributed by atoms with Crippen molar-refractivity contribution in [2.75, 3.05) is 7.11 Å². The second-order valence-electron chi connectivity index (χ2n) is 5.28. The topological polar surface area (TPSA) is 44.1 Å². The number of aryl methyl sites for hydroxylation is 1. The summed E-state index contributed by atoms with van der Waals surface area (Å²) in [4.78, 5) is 17.3. The first-order valence-electron chi connectivity index (χ1n) is 7.33. The van der Waals surface area contributed by atoms with Crippen LogP contribution in [-0.4, -0.2) is 22.6 Å². The van der Waals surface area contributed by atoms with Gasteiger partial charge in [0.25, 0.3) is 0 Å². The lowest BCUT2D eigenvalue weighted by Gasteiger charge is -2.08. The van der Waals surface area contributed by atoms with E-state index in [0.29, 0.717) is 13.0 Å². The molecule has 0 radical (unpaired) electrons. The molecule has 3 rings (SSSR count). The van der Waals surface area contributed by atoms with Gasteiger partial charge in [-0.25, -0.2) is 4.98 Å². The number of rotatable bonds is 5. The van der Waals surface area contributed by atoms with Crippen LogP contribution in [0.1, 0.15) is 17.8 Å².